The van der Waals surface area contributed by atoms with E-state index in [4.69, 9.17) is 5.73 Å². The van der Waals surface area contributed by atoms with Gasteiger partial charge in [-0.15, -0.1) is 0 Å². The number of nitrogens with two attached hydrogens (primary N) is 1. The first-order valence-corrected chi connectivity index (χ1v) is 7.37. The average molecular weight is 297 g/mol. The van der Waals surface area contributed by atoms with Crippen molar-refractivity contribution in [3.63, 3.8) is 0 Å². The SMILES string of the molecule is NC1(Cc2ccc(Br)cn2)CCCCCCC1. The van der Waals surface area contributed by atoms with E-state index in [9.17, 15) is 0 Å². The van der Waals surface area contributed by atoms with Crippen molar-refractivity contribution in [2.24, 2.45) is 5.73 Å². The lowest BCUT2D eigenvalue weighted by Gasteiger charge is -2.31. The van der Waals surface area contributed by atoms with Gasteiger partial charge in [-0.3, -0.25) is 4.98 Å². The van der Waals surface area contributed by atoms with Crippen LogP contribution in [0.25, 0.3) is 0 Å². The standard InChI is InChI=1S/C14H21BrN2/c15-12-6-7-13(17-11-12)10-14(16)8-4-2-1-3-5-9-14/h6-7,11H,1-5,8-10,16H2. The molecule has 1 aliphatic carbocycles. The Labute approximate surface area is 112 Å². The predicted molar refractivity (Wildman–Crippen MR) is 74.9 cm³/mol. The highest BCUT2D eigenvalue weighted by Crippen LogP contribution is 2.27. The van der Waals surface area contributed by atoms with E-state index in [2.05, 4.69) is 33.0 Å². The number of aromatic nitrogens is 1. The highest BCUT2D eigenvalue weighted by atomic mass is 79.9. The Morgan fingerprint density at radius 3 is 2.35 bits per heavy atom. The van der Waals surface area contributed by atoms with Gasteiger partial charge in [0.1, 0.15) is 0 Å². The molecule has 1 aliphatic rings. The average Bonchev–Trinajstić information content (AvgIpc) is 2.28. The molecule has 0 amide bonds. The van der Waals surface area contributed by atoms with Crippen molar-refractivity contribution in [3.05, 3.63) is 28.5 Å². The summed E-state index contributed by atoms with van der Waals surface area (Å²) < 4.78 is 1.03. The molecular formula is C14H21BrN2. The zero-order chi connectivity index (χ0) is 12.1. The van der Waals surface area contributed by atoms with Crippen LogP contribution in [-0.2, 0) is 6.42 Å². The largest absolute Gasteiger partial charge is 0.325 e. The summed E-state index contributed by atoms with van der Waals surface area (Å²) in [7, 11) is 0. The Morgan fingerprint density at radius 1 is 1.12 bits per heavy atom. The maximum absolute atomic E-state index is 6.55. The monoisotopic (exact) mass is 296 g/mol. The molecule has 1 heterocycles. The van der Waals surface area contributed by atoms with Crippen LogP contribution >= 0.6 is 15.9 Å². The second-order valence-corrected chi connectivity index (χ2v) is 6.19. The fraction of sp³-hybridized carbons (Fsp3) is 0.643. The molecule has 0 aromatic carbocycles. The molecule has 2 nitrogen and oxygen atoms in total. The number of hydrogen-bond acceptors (Lipinski definition) is 2. The minimum Gasteiger partial charge on any atom is -0.325 e. The summed E-state index contributed by atoms with van der Waals surface area (Å²) >= 11 is 3.41. The van der Waals surface area contributed by atoms with Gasteiger partial charge in [0.25, 0.3) is 0 Å². The lowest BCUT2D eigenvalue weighted by Crippen LogP contribution is -2.42. The highest BCUT2D eigenvalue weighted by Gasteiger charge is 2.26. The third-order valence-electron chi connectivity index (χ3n) is 3.67. The van der Waals surface area contributed by atoms with Crippen molar-refractivity contribution >= 4 is 15.9 Å². The Balaban J connectivity index is 2.01. The lowest BCUT2D eigenvalue weighted by atomic mass is 9.81. The van der Waals surface area contributed by atoms with Gasteiger partial charge >= 0.3 is 0 Å². The van der Waals surface area contributed by atoms with Crippen LogP contribution in [0.15, 0.2) is 22.8 Å². The Morgan fingerprint density at radius 2 is 1.76 bits per heavy atom. The van der Waals surface area contributed by atoms with Crippen LogP contribution in [0.1, 0.15) is 50.6 Å². The topological polar surface area (TPSA) is 38.9 Å². The Hall–Kier alpha value is -0.410. The van der Waals surface area contributed by atoms with Crippen LogP contribution in [0.4, 0.5) is 0 Å². The fourth-order valence-electron chi connectivity index (χ4n) is 2.66. The van der Waals surface area contributed by atoms with Crippen molar-refractivity contribution in [2.75, 3.05) is 0 Å². The van der Waals surface area contributed by atoms with E-state index in [1.54, 1.807) is 0 Å². The van der Waals surface area contributed by atoms with Crippen LogP contribution in [0, 0.1) is 0 Å². The van der Waals surface area contributed by atoms with Crippen LogP contribution in [0.2, 0.25) is 0 Å². The van der Waals surface area contributed by atoms with Gasteiger partial charge in [-0.25, -0.2) is 0 Å². The van der Waals surface area contributed by atoms with Crippen molar-refractivity contribution in [2.45, 2.75) is 56.9 Å². The van der Waals surface area contributed by atoms with Gasteiger partial charge in [0.05, 0.1) is 0 Å². The molecule has 1 aromatic heterocycles. The number of hydrogen-bond donors (Lipinski definition) is 1. The highest BCUT2D eigenvalue weighted by molar-refractivity contribution is 9.10. The molecule has 17 heavy (non-hydrogen) atoms. The minimum atomic E-state index is -0.0265. The maximum atomic E-state index is 6.55. The number of rotatable bonds is 2. The van der Waals surface area contributed by atoms with E-state index in [-0.39, 0.29) is 5.54 Å². The van der Waals surface area contributed by atoms with Crippen molar-refractivity contribution in [1.29, 1.82) is 0 Å². The molecule has 0 unspecified atom stereocenters. The van der Waals surface area contributed by atoms with E-state index in [1.807, 2.05) is 6.20 Å². The molecule has 0 aliphatic heterocycles. The van der Waals surface area contributed by atoms with Gasteiger partial charge < -0.3 is 5.73 Å². The van der Waals surface area contributed by atoms with Gasteiger partial charge in [0, 0.05) is 28.3 Å². The Bertz CT molecular complexity index is 340. The van der Waals surface area contributed by atoms with Gasteiger partial charge in [-0.1, -0.05) is 32.1 Å². The zero-order valence-corrected chi connectivity index (χ0v) is 11.9. The van der Waals surface area contributed by atoms with E-state index in [0.29, 0.717) is 0 Å². The van der Waals surface area contributed by atoms with Crippen LogP contribution < -0.4 is 5.73 Å². The second kappa shape index (κ2) is 5.96. The number of halogens is 1. The molecule has 1 fully saturated rings. The smallest absolute Gasteiger partial charge is 0.0422 e. The fourth-order valence-corrected chi connectivity index (χ4v) is 2.89. The molecule has 0 spiro atoms. The van der Waals surface area contributed by atoms with Crippen LogP contribution in [0.5, 0.6) is 0 Å². The first-order chi connectivity index (χ1) is 8.18. The quantitative estimate of drug-likeness (QED) is 0.901. The van der Waals surface area contributed by atoms with Gasteiger partial charge in [0.15, 0.2) is 0 Å². The molecule has 2 rings (SSSR count). The second-order valence-electron chi connectivity index (χ2n) is 5.27. The van der Waals surface area contributed by atoms with E-state index in [1.165, 1.54) is 32.1 Å². The molecule has 0 bridgehead atoms. The molecule has 3 heteroatoms. The summed E-state index contributed by atoms with van der Waals surface area (Å²) in [6.45, 7) is 0. The predicted octanol–water partition coefficient (Wildman–Crippen LogP) is 3.83. The van der Waals surface area contributed by atoms with Crippen molar-refractivity contribution < 1.29 is 0 Å². The summed E-state index contributed by atoms with van der Waals surface area (Å²) in [6.07, 6.45) is 11.7. The molecule has 0 radical (unpaired) electrons. The molecule has 1 aromatic rings. The van der Waals surface area contributed by atoms with Gasteiger partial charge in [0.2, 0.25) is 0 Å². The summed E-state index contributed by atoms with van der Waals surface area (Å²) in [5.74, 6) is 0. The minimum absolute atomic E-state index is 0.0265. The Kier molecular flexibility index (Phi) is 4.57. The van der Waals surface area contributed by atoms with Crippen LogP contribution in [0.3, 0.4) is 0 Å². The molecule has 2 N–H and O–H groups in total. The van der Waals surface area contributed by atoms with Crippen molar-refractivity contribution in [1.82, 2.24) is 4.98 Å². The van der Waals surface area contributed by atoms with Crippen molar-refractivity contribution in [3.8, 4) is 0 Å². The van der Waals surface area contributed by atoms with E-state index < -0.39 is 0 Å². The summed E-state index contributed by atoms with van der Waals surface area (Å²) in [5.41, 5.74) is 7.64. The third-order valence-corrected chi connectivity index (χ3v) is 4.14. The molecule has 0 atom stereocenters. The van der Waals surface area contributed by atoms with Gasteiger partial charge in [-0.05, 0) is 40.9 Å². The van der Waals surface area contributed by atoms with E-state index in [0.717, 1.165) is 29.4 Å². The first kappa shape index (κ1) is 13.0. The third kappa shape index (κ3) is 4.07. The molecule has 94 valence electrons. The summed E-state index contributed by atoms with van der Waals surface area (Å²) in [5, 5.41) is 0. The molecular weight excluding hydrogens is 276 g/mol. The number of pyridine rings is 1. The number of nitrogens with zero attached hydrogens (tertiary/aromatic N) is 1. The van der Waals surface area contributed by atoms with Crippen LogP contribution in [-0.4, -0.2) is 10.5 Å². The molecule has 0 saturated heterocycles. The summed E-state index contributed by atoms with van der Waals surface area (Å²) in [4.78, 5) is 4.44. The van der Waals surface area contributed by atoms with Gasteiger partial charge in [-0.2, -0.15) is 0 Å². The maximum Gasteiger partial charge on any atom is 0.0422 e. The molecule has 1 saturated carbocycles. The normalized spacial score (nSPS) is 20.6. The van der Waals surface area contributed by atoms with E-state index >= 15 is 0 Å². The zero-order valence-electron chi connectivity index (χ0n) is 10.3. The lowest BCUT2D eigenvalue weighted by molar-refractivity contribution is 0.312. The first-order valence-electron chi connectivity index (χ1n) is 6.57. The summed E-state index contributed by atoms with van der Waals surface area (Å²) in [6, 6.07) is 4.13.